The molecule has 1 heterocycles. The second-order valence-corrected chi connectivity index (χ2v) is 4.69. The summed E-state index contributed by atoms with van der Waals surface area (Å²) in [6, 6.07) is 6.17. The van der Waals surface area contributed by atoms with Crippen LogP contribution in [0.3, 0.4) is 0 Å². The van der Waals surface area contributed by atoms with Gasteiger partial charge >= 0.3 is 0 Å². The molecule has 1 aromatic rings. The number of rotatable bonds is 4. The molecule has 0 spiro atoms. The summed E-state index contributed by atoms with van der Waals surface area (Å²) in [5, 5.41) is 9.26. The summed E-state index contributed by atoms with van der Waals surface area (Å²) in [4.78, 5) is 0. The summed E-state index contributed by atoms with van der Waals surface area (Å²) in [5.41, 5.74) is 1.74. The zero-order valence-corrected chi connectivity index (χ0v) is 10.9. The molecule has 0 aliphatic carbocycles. The predicted octanol–water partition coefficient (Wildman–Crippen LogP) is 2.09. The van der Waals surface area contributed by atoms with Crippen LogP contribution in [0, 0.1) is 23.7 Å². The van der Waals surface area contributed by atoms with Gasteiger partial charge in [-0.25, -0.2) is 0 Å². The maximum atomic E-state index is 9.26. The molecule has 0 atom stereocenters. The van der Waals surface area contributed by atoms with E-state index in [0.717, 1.165) is 22.6 Å². The fourth-order valence-corrected chi connectivity index (χ4v) is 2.17. The zero-order chi connectivity index (χ0) is 13.2. The Kier molecular flexibility index (Phi) is 3.44. The third-order valence-corrected chi connectivity index (χ3v) is 3.37. The van der Waals surface area contributed by atoms with Gasteiger partial charge in [0.25, 0.3) is 0 Å². The van der Waals surface area contributed by atoms with Gasteiger partial charge in [0, 0.05) is 6.07 Å². The highest BCUT2D eigenvalue weighted by atomic mass is 16.5. The van der Waals surface area contributed by atoms with Crippen LogP contribution >= 0.6 is 0 Å². The van der Waals surface area contributed by atoms with Gasteiger partial charge in [-0.2, -0.15) is 5.26 Å². The number of hydrogen-bond acceptors (Lipinski definition) is 4. The summed E-state index contributed by atoms with van der Waals surface area (Å²) >= 11 is 0. The minimum Gasteiger partial charge on any atom is -0.497 e. The molecule has 1 aliphatic rings. The van der Waals surface area contributed by atoms with E-state index in [1.54, 1.807) is 14.2 Å². The van der Waals surface area contributed by atoms with Crippen molar-refractivity contribution in [3.05, 3.63) is 23.3 Å². The van der Waals surface area contributed by atoms with E-state index in [1.165, 1.54) is 0 Å². The van der Waals surface area contributed by atoms with E-state index < -0.39 is 5.41 Å². The lowest BCUT2D eigenvalue weighted by Gasteiger charge is -2.35. The fourth-order valence-electron chi connectivity index (χ4n) is 2.17. The Hall–Kier alpha value is -1.73. The van der Waals surface area contributed by atoms with Crippen molar-refractivity contribution in [2.24, 2.45) is 5.41 Å². The van der Waals surface area contributed by atoms with Gasteiger partial charge in [-0.1, -0.05) is 0 Å². The normalized spacial score (nSPS) is 16.6. The van der Waals surface area contributed by atoms with Crippen LogP contribution in [0.4, 0.5) is 0 Å². The topological polar surface area (TPSA) is 51.5 Å². The standard InChI is InChI=1S/C14H17NO3/c1-10-4-11(16-2)5-13(17-3)12(10)6-14(7-15)8-18-9-14/h4-5H,6,8-9H2,1-3H3. The van der Waals surface area contributed by atoms with E-state index >= 15 is 0 Å². The third kappa shape index (κ3) is 2.14. The summed E-state index contributed by atoms with van der Waals surface area (Å²) in [7, 11) is 3.26. The van der Waals surface area contributed by atoms with Crippen molar-refractivity contribution in [2.45, 2.75) is 13.3 Å². The average molecular weight is 247 g/mol. The molecule has 0 unspecified atom stereocenters. The first-order chi connectivity index (χ1) is 8.64. The van der Waals surface area contributed by atoms with Gasteiger partial charge < -0.3 is 14.2 Å². The largest absolute Gasteiger partial charge is 0.497 e. The van der Waals surface area contributed by atoms with E-state index in [9.17, 15) is 5.26 Å². The highest BCUT2D eigenvalue weighted by Crippen LogP contribution is 2.37. The number of nitriles is 1. The minimum atomic E-state index is -0.396. The first-order valence-electron chi connectivity index (χ1n) is 5.84. The van der Waals surface area contributed by atoms with E-state index in [1.807, 2.05) is 19.1 Å². The molecule has 1 aromatic carbocycles. The summed E-state index contributed by atoms with van der Waals surface area (Å²) in [6.45, 7) is 3.00. The Morgan fingerprint density at radius 1 is 1.33 bits per heavy atom. The molecular weight excluding hydrogens is 230 g/mol. The summed E-state index contributed by atoms with van der Waals surface area (Å²) in [6.07, 6.45) is 0.655. The van der Waals surface area contributed by atoms with Crippen molar-refractivity contribution in [3.8, 4) is 17.6 Å². The van der Waals surface area contributed by atoms with Crippen molar-refractivity contribution in [2.75, 3.05) is 27.4 Å². The van der Waals surface area contributed by atoms with Gasteiger partial charge in [0.1, 0.15) is 16.9 Å². The van der Waals surface area contributed by atoms with Crippen LogP contribution in [-0.2, 0) is 11.2 Å². The number of nitrogens with zero attached hydrogens (tertiary/aromatic N) is 1. The van der Waals surface area contributed by atoms with E-state index in [0.29, 0.717) is 19.6 Å². The van der Waals surface area contributed by atoms with Gasteiger partial charge in [0.15, 0.2) is 0 Å². The maximum absolute atomic E-state index is 9.26. The van der Waals surface area contributed by atoms with Crippen molar-refractivity contribution < 1.29 is 14.2 Å². The van der Waals surface area contributed by atoms with Crippen molar-refractivity contribution in [1.82, 2.24) is 0 Å². The Morgan fingerprint density at radius 2 is 2.06 bits per heavy atom. The molecule has 0 radical (unpaired) electrons. The van der Waals surface area contributed by atoms with Crippen LogP contribution in [0.2, 0.25) is 0 Å². The SMILES string of the molecule is COc1cc(C)c(CC2(C#N)COC2)c(OC)c1. The van der Waals surface area contributed by atoms with Crippen LogP contribution in [0.1, 0.15) is 11.1 Å². The van der Waals surface area contributed by atoms with Crippen molar-refractivity contribution >= 4 is 0 Å². The van der Waals surface area contributed by atoms with E-state index in [4.69, 9.17) is 14.2 Å². The van der Waals surface area contributed by atoms with Gasteiger partial charge in [-0.05, 0) is 30.5 Å². The molecule has 1 aliphatic heterocycles. The third-order valence-electron chi connectivity index (χ3n) is 3.37. The molecule has 0 saturated carbocycles. The van der Waals surface area contributed by atoms with Gasteiger partial charge in [0.05, 0.1) is 33.5 Å². The maximum Gasteiger partial charge on any atom is 0.126 e. The first-order valence-corrected chi connectivity index (χ1v) is 5.84. The molecule has 0 N–H and O–H groups in total. The number of methoxy groups -OCH3 is 2. The number of benzene rings is 1. The molecule has 1 saturated heterocycles. The average Bonchev–Trinajstić information content (AvgIpc) is 2.34. The van der Waals surface area contributed by atoms with Crippen LogP contribution < -0.4 is 9.47 Å². The van der Waals surface area contributed by atoms with Crippen molar-refractivity contribution in [1.29, 1.82) is 5.26 Å². The van der Waals surface area contributed by atoms with Gasteiger partial charge in [-0.15, -0.1) is 0 Å². The lowest BCUT2D eigenvalue weighted by molar-refractivity contribution is -0.0767. The molecule has 0 amide bonds. The second kappa shape index (κ2) is 4.87. The molecular formula is C14H17NO3. The Balaban J connectivity index is 2.35. The zero-order valence-electron chi connectivity index (χ0n) is 10.9. The van der Waals surface area contributed by atoms with Crippen LogP contribution in [0.25, 0.3) is 0 Å². The Labute approximate surface area is 107 Å². The smallest absolute Gasteiger partial charge is 0.126 e. The molecule has 18 heavy (non-hydrogen) atoms. The molecule has 2 rings (SSSR count). The van der Waals surface area contributed by atoms with Crippen LogP contribution in [0.15, 0.2) is 12.1 Å². The van der Waals surface area contributed by atoms with Gasteiger partial charge in [-0.3, -0.25) is 0 Å². The number of hydrogen-bond donors (Lipinski definition) is 0. The fraction of sp³-hybridized carbons (Fsp3) is 0.500. The monoisotopic (exact) mass is 247 g/mol. The Morgan fingerprint density at radius 3 is 2.50 bits per heavy atom. The Bertz CT molecular complexity index is 487. The first kappa shape index (κ1) is 12.7. The van der Waals surface area contributed by atoms with Gasteiger partial charge in [0.2, 0.25) is 0 Å². The molecule has 96 valence electrons. The molecule has 1 fully saturated rings. The molecule has 0 aromatic heterocycles. The highest BCUT2D eigenvalue weighted by molar-refractivity contribution is 5.47. The summed E-state index contributed by atoms with van der Waals surface area (Å²) < 4.78 is 15.8. The molecule has 4 heteroatoms. The molecule has 0 bridgehead atoms. The van der Waals surface area contributed by atoms with E-state index in [-0.39, 0.29) is 0 Å². The second-order valence-electron chi connectivity index (χ2n) is 4.69. The lowest BCUT2D eigenvalue weighted by Crippen LogP contribution is -2.43. The van der Waals surface area contributed by atoms with Crippen molar-refractivity contribution in [3.63, 3.8) is 0 Å². The van der Waals surface area contributed by atoms with Crippen LogP contribution in [-0.4, -0.2) is 27.4 Å². The minimum absolute atomic E-state index is 0.396. The quantitative estimate of drug-likeness (QED) is 0.817. The van der Waals surface area contributed by atoms with Crippen LogP contribution in [0.5, 0.6) is 11.5 Å². The van der Waals surface area contributed by atoms with E-state index in [2.05, 4.69) is 6.07 Å². The molecule has 4 nitrogen and oxygen atoms in total. The highest BCUT2D eigenvalue weighted by Gasteiger charge is 2.40. The lowest BCUT2D eigenvalue weighted by atomic mass is 9.80. The number of ether oxygens (including phenoxy) is 3. The predicted molar refractivity (Wildman–Crippen MR) is 66.9 cm³/mol. The number of aryl methyl sites for hydroxylation is 1. The summed E-state index contributed by atoms with van der Waals surface area (Å²) in [5.74, 6) is 1.54.